The maximum atomic E-state index is 12.8. The van der Waals surface area contributed by atoms with Crippen LogP contribution in [0.4, 0.5) is 10.5 Å². The SMILES string of the molecule is CC(C)(C)OC(=O)N1CC[C@H]2[C@@H](C1)c1cc(-c3ccccc3C=O)cc3c1N2CCCO3. The quantitative estimate of drug-likeness (QED) is 0.632. The van der Waals surface area contributed by atoms with Crippen LogP contribution in [0.3, 0.4) is 0 Å². The molecule has 1 amide bonds. The summed E-state index contributed by atoms with van der Waals surface area (Å²) in [7, 11) is 0. The van der Waals surface area contributed by atoms with Crippen LogP contribution in [0.15, 0.2) is 36.4 Å². The molecule has 3 heterocycles. The molecule has 2 atom stereocenters. The number of aldehydes is 1. The highest BCUT2D eigenvalue weighted by molar-refractivity contribution is 5.89. The molecule has 3 aliphatic heterocycles. The van der Waals surface area contributed by atoms with E-state index >= 15 is 0 Å². The highest BCUT2D eigenvalue weighted by Crippen LogP contribution is 2.52. The third-order valence-electron chi connectivity index (χ3n) is 6.62. The van der Waals surface area contributed by atoms with Crippen LogP contribution < -0.4 is 9.64 Å². The first-order valence-electron chi connectivity index (χ1n) is 11.5. The Balaban J connectivity index is 1.56. The minimum atomic E-state index is -0.513. The average molecular weight is 435 g/mol. The Bertz CT molecular complexity index is 1060. The summed E-state index contributed by atoms with van der Waals surface area (Å²) in [6.07, 6.45) is 2.52. The van der Waals surface area contributed by atoms with Gasteiger partial charge in [-0.3, -0.25) is 4.79 Å². The number of fused-ring (bicyclic) bond motifs is 3. The highest BCUT2D eigenvalue weighted by atomic mass is 16.6. The van der Waals surface area contributed by atoms with Gasteiger partial charge >= 0.3 is 6.09 Å². The van der Waals surface area contributed by atoms with Crippen molar-refractivity contribution in [1.82, 2.24) is 4.90 Å². The van der Waals surface area contributed by atoms with E-state index < -0.39 is 5.60 Å². The molecule has 0 N–H and O–H groups in total. The molecule has 0 radical (unpaired) electrons. The lowest BCUT2D eigenvalue weighted by Crippen LogP contribution is -2.49. The maximum Gasteiger partial charge on any atom is 0.410 e. The van der Waals surface area contributed by atoms with E-state index in [9.17, 15) is 9.59 Å². The number of piperidine rings is 1. The van der Waals surface area contributed by atoms with Gasteiger partial charge in [-0.05, 0) is 62.4 Å². The normalized spacial score (nSPS) is 21.8. The first-order chi connectivity index (χ1) is 15.4. The zero-order valence-corrected chi connectivity index (χ0v) is 19.0. The van der Waals surface area contributed by atoms with E-state index in [0.29, 0.717) is 31.3 Å². The molecule has 3 aliphatic rings. The molecule has 0 aliphatic carbocycles. The third kappa shape index (κ3) is 3.61. The van der Waals surface area contributed by atoms with Crippen LogP contribution in [-0.4, -0.2) is 55.2 Å². The summed E-state index contributed by atoms with van der Waals surface area (Å²) in [5.74, 6) is 1.07. The molecular formula is C26H30N2O4. The van der Waals surface area contributed by atoms with Crippen LogP contribution in [0.2, 0.25) is 0 Å². The summed E-state index contributed by atoms with van der Waals surface area (Å²) in [4.78, 5) is 28.8. The first-order valence-corrected chi connectivity index (χ1v) is 11.5. The Morgan fingerprint density at radius 2 is 2.00 bits per heavy atom. The van der Waals surface area contributed by atoms with Gasteiger partial charge in [0.25, 0.3) is 0 Å². The number of nitrogens with zero attached hydrogens (tertiary/aromatic N) is 2. The van der Waals surface area contributed by atoms with Gasteiger partial charge in [-0.15, -0.1) is 0 Å². The largest absolute Gasteiger partial charge is 0.491 e. The number of hydrogen-bond acceptors (Lipinski definition) is 5. The molecule has 0 aromatic heterocycles. The number of amides is 1. The van der Waals surface area contributed by atoms with Crippen LogP contribution in [0.5, 0.6) is 5.75 Å². The van der Waals surface area contributed by atoms with Crippen molar-refractivity contribution in [1.29, 1.82) is 0 Å². The number of benzene rings is 2. The second-order valence-electron chi connectivity index (χ2n) is 9.90. The molecular weight excluding hydrogens is 404 g/mol. The molecule has 0 spiro atoms. The molecule has 32 heavy (non-hydrogen) atoms. The van der Waals surface area contributed by atoms with Gasteiger partial charge < -0.3 is 19.3 Å². The number of anilines is 1. The Morgan fingerprint density at radius 3 is 2.78 bits per heavy atom. The lowest BCUT2D eigenvalue weighted by Gasteiger charge is -2.39. The summed E-state index contributed by atoms with van der Waals surface area (Å²) in [6.45, 7) is 8.66. The molecule has 6 nitrogen and oxygen atoms in total. The fraction of sp³-hybridized carbons (Fsp3) is 0.462. The summed E-state index contributed by atoms with van der Waals surface area (Å²) in [6, 6.07) is 12.3. The second kappa shape index (κ2) is 7.84. The highest BCUT2D eigenvalue weighted by Gasteiger charge is 2.45. The number of carbonyl (C=O) groups is 2. The monoisotopic (exact) mass is 434 g/mol. The van der Waals surface area contributed by atoms with E-state index in [1.54, 1.807) is 0 Å². The Hall–Kier alpha value is -3.02. The predicted octanol–water partition coefficient (Wildman–Crippen LogP) is 4.86. The molecule has 0 unspecified atom stereocenters. The minimum Gasteiger partial charge on any atom is -0.491 e. The van der Waals surface area contributed by atoms with Crippen molar-refractivity contribution in [3.05, 3.63) is 47.5 Å². The van der Waals surface area contributed by atoms with Crippen LogP contribution in [0.25, 0.3) is 11.1 Å². The van der Waals surface area contributed by atoms with Gasteiger partial charge in [0.15, 0.2) is 6.29 Å². The van der Waals surface area contributed by atoms with Crippen molar-refractivity contribution in [3.8, 4) is 16.9 Å². The Kier molecular flexibility index (Phi) is 5.11. The molecule has 5 rings (SSSR count). The molecule has 1 fully saturated rings. The van der Waals surface area contributed by atoms with Crippen molar-refractivity contribution in [2.75, 3.05) is 31.1 Å². The summed E-state index contributed by atoms with van der Waals surface area (Å²) < 4.78 is 11.8. The zero-order chi connectivity index (χ0) is 22.5. The number of hydrogen-bond donors (Lipinski definition) is 0. The third-order valence-corrected chi connectivity index (χ3v) is 6.62. The fourth-order valence-electron chi connectivity index (χ4n) is 5.32. The van der Waals surface area contributed by atoms with Gasteiger partial charge in [0.05, 0.1) is 12.3 Å². The van der Waals surface area contributed by atoms with Crippen LogP contribution in [-0.2, 0) is 4.74 Å². The molecule has 0 bridgehead atoms. The van der Waals surface area contributed by atoms with Crippen LogP contribution in [0, 0.1) is 0 Å². The van der Waals surface area contributed by atoms with Crippen molar-refractivity contribution < 1.29 is 19.1 Å². The number of likely N-dealkylation sites (tertiary alicyclic amines) is 1. The molecule has 6 heteroatoms. The van der Waals surface area contributed by atoms with Crippen molar-refractivity contribution >= 4 is 18.1 Å². The fourth-order valence-corrected chi connectivity index (χ4v) is 5.32. The average Bonchev–Trinajstić information content (AvgIpc) is 2.92. The number of carbonyl (C=O) groups excluding carboxylic acids is 2. The minimum absolute atomic E-state index is 0.190. The number of ether oxygens (including phenoxy) is 2. The van der Waals surface area contributed by atoms with Crippen molar-refractivity contribution in [2.24, 2.45) is 0 Å². The van der Waals surface area contributed by atoms with E-state index in [2.05, 4.69) is 17.0 Å². The van der Waals surface area contributed by atoms with E-state index in [1.165, 1.54) is 5.56 Å². The van der Waals surface area contributed by atoms with Crippen LogP contribution >= 0.6 is 0 Å². The van der Waals surface area contributed by atoms with Gasteiger partial charge in [0.2, 0.25) is 0 Å². The van der Waals surface area contributed by atoms with E-state index in [0.717, 1.165) is 48.2 Å². The van der Waals surface area contributed by atoms with Crippen molar-refractivity contribution in [3.63, 3.8) is 0 Å². The lowest BCUT2D eigenvalue weighted by atomic mass is 9.87. The Morgan fingerprint density at radius 1 is 1.19 bits per heavy atom. The van der Waals surface area contributed by atoms with Gasteiger partial charge in [-0.25, -0.2) is 4.79 Å². The van der Waals surface area contributed by atoms with Gasteiger partial charge in [0.1, 0.15) is 11.4 Å². The van der Waals surface area contributed by atoms with E-state index in [4.69, 9.17) is 9.47 Å². The van der Waals surface area contributed by atoms with E-state index in [1.807, 2.05) is 49.9 Å². The van der Waals surface area contributed by atoms with Crippen molar-refractivity contribution in [2.45, 2.75) is 51.2 Å². The molecule has 1 saturated heterocycles. The summed E-state index contributed by atoms with van der Waals surface area (Å²) >= 11 is 0. The maximum absolute atomic E-state index is 12.8. The van der Waals surface area contributed by atoms with Gasteiger partial charge in [0, 0.05) is 37.2 Å². The zero-order valence-electron chi connectivity index (χ0n) is 19.0. The van der Waals surface area contributed by atoms with E-state index in [-0.39, 0.29) is 12.0 Å². The van der Waals surface area contributed by atoms with Gasteiger partial charge in [-0.2, -0.15) is 0 Å². The predicted molar refractivity (Wildman–Crippen MR) is 124 cm³/mol. The summed E-state index contributed by atoms with van der Waals surface area (Å²) in [5, 5.41) is 0. The van der Waals surface area contributed by atoms with Crippen LogP contribution in [0.1, 0.15) is 55.5 Å². The first kappa shape index (κ1) is 20.9. The second-order valence-corrected chi connectivity index (χ2v) is 9.90. The van der Waals surface area contributed by atoms with Gasteiger partial charge in [-0.1, -0.05) is 24.3 Å². The summed E-state index contributed by atoms with van der Waals surface area (Å²) in [5.41, 5.74) is 4.41. The topological polar surface area (TPSA) is 59.1 Å². The standard InChI is InChI=1S/C26H30N2O4/c1-26(2,3)32-25(30)27-11-9-22-21(15-27)20-13-18(19-8-5-4-7-17(19)16-29)14-23-24(20)28(22)10-6-12-31-23/h4-5,7-8,13-14,16,21-22H,6,9-12,15H2,1-3H3/t21-,22-/m0/s1. The molecule has 168 valence electrons. The molecule has 2 aromatic carbocycles. The molecule has 0 saturated carbocycles. The Labute approximate surface area is 189 Å². The molecule has 2 aromatic rings. The lowest BCUT2D eigenvalue weighted by molar-refractivity contribution is 0.0189. The number of rotatable bonds is 2. The smallest absolute Gasteiger partial charge is 0.410 e.